The quantitative estimate of drug-likeness (QED) is 0.627. The summed E-state index contributed by atoms with van der Waals surface area (Å²) in [6.07, 6.45) is 5.56. The van der Waals surface area contributed by atoms with Crippen LogP contribution in [-0.4, -0.2) is 26.6 Å². The molecule has 0 radical (unpaired) electrons. The van der Waals surface area contributed by atoms with Crippen LogP contribution in [0.15, 0.2) is 42.9 Å². The largest absolute Gasteiger partial charge is 0.497 e. The Balaban J connectivity index is 2.00. The molecule has 5 heteroatoms. The lowest BCUT2D eigenvalue weighted by molar-refractivity contribution is 0.415. The van der Waals surface area contributed by atoms with Gasteiger partial charge >= 0.3 is 0 Å². The summed E-state index contributed by atoms with van der Waals surface area (Å²) in [6, 6.07) is 8.20. The van der Waals surface area contributed by atoms with Gasteiger partial charge in [-0.05, 0) is 31.2 Å². The summed E-state index contributed by atoms with van der Waals surface area (Å²) in [5.41, 5.74) is 5.02. The SMILES string of the molecule is CCn1cc(-c2cc3nccnc3[nH]2)c2cc(OC)ccc21. The zero-order valence-electron chi connectivity index (χ0n) is 12.5. The normalized spacial score (nSPS) is 11.4. The highest BCUT2D eigenvalue weighted by Crippen LogP contribution is 2.33. The van der Waals surface area contributed by atoms with Gasteiger partial charge in [0.25, 0.3) is 0 Å². The number of aryl methyl sites for hydroxylation is 1. The minimum absolute atomic E-state index is 0.804. The molecule has 0 aliphatic heterocycles. The van der Waals surface area contributed by atoms with Crippen LogP contribution in [0, 0.1) is 0 Å². The number of hydrogen-bond acceptors (Lipinski definition) is 3. The molecular formula is C17H16N4O. The molecular weight excluding hydrogens is 276 g/mol. The van der Waals surface area contributed by atoms with Crippen LogP contribution in [0.3, 0.4) is 0 Å². The molecule has 22 heavy (non-hydrogen) atoms. The fourth-order valence-electron chi connectivity index (χ4n) is 2.88. The number of aromatic nitrogens is 4. The number of rotatable bonds is 3. The van der Waals surface area contributed by atoms with Gasteiger partial charge in [-0.1, -0.05) is 0 Å². The predicted molar refractivity (Wildman–Crippen MR) is 87.0 cm³/mol. The second-order valence-electron chi connectivity index (χ2n) is 5.19. The smallest absolute Gasteiger partial charge is 0.156 e. The molecule has 0 saturated heterocycles. The first-order valence-corrected chi connectivity index (χ1v) is 7.27. The zero-order valence-corrected chi connectivity index (χ0v) is 12.5. The Morgan fingerprint density at radius 2 is 2.05 bits per heavy atom. The minimum Gasteiger partial charge on any atom is -0.497 e. The highest BCUT2D eigenvalue weighted by atomic mass is 16.5. The van der Waals surface area contributed by atoms with Crippen molar-refractivity contribution < 1.29 is 4.74 Å². The van der Waals surface area contributed by atoms with Gasteiger partial charge in [-0.25, -0.2) is 4.98 Å². The Morgan fingerprint density at radius 3 is 2.82 bits per heavy atom. The van der Waals surface area contributed by atoms with Crippen molar-refractivity contribution in [2.45, 2.75) is 13.5 Å². The van der Waals surface area contributed by atoms with Crippen LogP contribution in [-0.2, 0) is 6.54 Å². The van der Waals surface area contributed by atoms with Gasteiger partial charge in [0.2, 0.25) is 0 Å². The lowest BCUT2D eigenvalue weighted by Crippen LogP contribution is -1.90. The zero-order chi connectivity index (χ0) is 15.1. The van der Waals surface area contributed by atoms with Crippen LogP contribution in [0.25, 0.3) is 33.3 Å². The maximum Gasteiger partial charge on any atom is 0.156 e. The van der Waals surface area contributed by atoms with E-state index in [0.717, 1.165) is 40.1 Å². The summed E-state index contributed by atoms with van der Waals surface area (Å²) in [5.74, 6) is 0.856. The van der Waals surface area contributed by atoms with Gasteiger partial charge in [-0.3, -0.25) is 4.98 Å². The summed E-state index contributed by atoms with van der Waals surface area (Å²) in [5, 5.41) is 1.16. The summed E-state index contributed by atoms with van der Waals surface area (Å²) >= 11 is 0. The van der Waals surface area contributed by atoms with Gasteiger partial charge in [0, 0.05) is 41.6 Å². The van der Waals surface area contributed by atoms with Crippen molar-refractivity contribution in [3.05, 3.63) is 42.9 Å². The molecule has 5 nitrogen and oxygen atoms in total. The Kier molecular flexibility index (Phi) is 2.85. The second-order valence-corrected chi connectivity index (χ2v) is 5.19. The molecule has 0 atom stereocenters. The Morgan fingerprint density at radius 1 is 1.18 bits per heavy atom. The lowest BCUT2D eigenvalue weighted by atomic mass is 10.1. The highest BCUT2D eigenvalue weighted by molar-refractivity contribution is 5.98. The van der Waals surface area contributed by atoms with Crippen molar-refractivity contribution >= 4 is 22.1 Å². The fourth-order valence-corrected chi connectivity index (χ4v) is 2.88. The molecule has 3 heterocycles. The maximum absolute atomic E-state index is 5.37. The molecule has 110 valence electrons. The average molecular weight is 292 g/mol. The maximum atomic E-state index is 5.37. The molecule has 0 spiro atoms. The Bertz CT molecular complexity index is 934. The number of methoxy groups -OCH3 is 1. The van der Waals surface area contributed by atoms with Crippen molar-refractivity contribution in [3.8, 4) is 17.0 Å². The highest BCUT2D eigenvalue weighted by Gasteiger charge is 2.13. The van der Waals surface area contributed by atoms with Crippen molar-refractivity contribution in [2.75, 3.05) is 7.11 Å². The number of H-pyrrole nitrogens is 1. The molecule has 0 aliphatic carbocycles. The third-order valence-electron chi connectivity index (χ3n) is 3.98. The molecule has 0 bridgehead atoms. The van der Waals surface area contributed by atoms with E-state index in [1.54, 1.807) is 19.5 Å². The van der Waals surface area contributed by atoms with Crippen LogP contribution in [0.4, 0.5) is 0 Å². The topological polar surface area (TPSA) is 55.7 Å². The first-order chi connectivity index (χ1) is 10.8. The van der Waals surface area contributed by atoms with E-state index in [-0.39, 0.29) is 0 Å². The molecule has 0 fully saturated rings. The number of fused-ring (bicyclic) bond motifs is 2. The van der Waals surface area contributed by atoms with Gasteiger partial charge in [0.05, 0.1) is 12.8 Å². The van der Waals surface area contributed by atoms with Gasteiger partial charge in [0.1, 0.15) is 11.3 Å². The van der Waals surface area contributed by atoms with Crippen molar-refractivity contribution in [1.82, 2.24) is 19.5 Å². The van der Waals surface area contributed by atoms with E-state index in [1.165, 1.54) is 5.52 Å². The summed E-state index contributed by atoms with van der Waals surface area (Å²) in [6.45, 7) is 3.06. The number of ether oxygens (including phenoxy) is 1. The molecule has 4 rings (SSSR count). The average Bonchev–Trinajstić information content (AvgIpc) is 3.14. The number of aromatic amines is 1. The summed E-state index contributed by atoms with van der Waals surface area (Å²) in [4.78, 5) is 12.0. The number of nitrogens with one attached hydrogen (secondary N) is 1. The van der Waals surface area contributed by atoms with Crippen molar-refractivity contribution in [3.63, 3.8) is 0 Å². The molecule has 0 unspecified atom stereocenters. The van der Waals surface area contributed by atoms with E-state index < -0.39 is 0 Å². The molecule has 3 aromatic heterocycles. The second kappa shape index (κ2) is 4.87. The van der Waals surface area contributed by atoms with Crippen LogP contribution < -0.4 is 4.74 Å². The summed E-state index contributed by atoms with van der Waals surface area (Å²) in [7, 11) is 1.69. The Labute approximate surface area is 127 Å². The minimum atomic E-state index is 0.804. The first-order valence-electron chi connectivity index (χ1n) is 7.27. The first kappa shape index (κ1) is 12.9. The van der Waals surface area contributed by atoms with Crippen molar-refractivity contribution in [1.29, 1.82) is 0 Å². The number of hydrogen-bond donors (Lipinski definition) is 1. The molecule has 0 saturated carbocycles. The van der Waals surface area contributed by atoms with E-state index in [0.29, 0.717) is 0 Å². The van der Waals surface area contributed by atoms with Crippen LogP contribution >= 0.6 is 0 Å². The molecule has 1 aromatic carbocycles. The number of benzene rings is 1. The van der Waals surface area contributed by atoms with Gasteiger partial charge in [-0.15, -0.1) is 0 Å². The third-order valence-corrected chi connectivity index (χ3v) is 3.98. The van der Waals surface area contributed by atoms with Gasteiger partial charge in [-0.2, -0.15) is 0 Å². The summed E-state index contributed by atoms with van der Waals surface area (Å²) < 4.78 is 7.60. The van der Waals surface area contributed by atoms with Crippen LogP contribution in [0.2, 0.25) is 0 Å². The van der Waals surface area contributed by atoms with Crippen molar-refractivity contribution in [2.24, 2.45) is 0 Å². The van der Waals surface area contributed by atoms with Crippen LogP contribution in [0.5, 0.6) is 5.75 Å². The Hall–Kier alpha value is -2.82. The molecule has 4 aromatic rings. The fraction of sp³-hybridized carbons (Fsp3) is 0.176. The van der Waals surface area contributed by atoms with E-state index in [2.05, 4.69) is 44.8 Å². The molecule has 1 N–H and O–H groups in total. The van der Waals surface area contributed by atoms with Crippen LogP contribution in [0.1, 0.15) is 6.92 Å². The predicted octanol–water partition coefficient (Wildman–Crippen LogP) is 3.61. The van der Waals surface area contributed by atoms with E-state index in [9.17, 15) is 0 Å². The molecule has 0 amide bonds. The molecule has 0 aliphatic rings. The number of nitrogens with zero attached hydrogens (tertiary/aromatic N) is 3. The van der Waals surface area contributed by atoms with E-state index in [1.807, 2.05) is 12.1 Å². The van der Waals surface area contributed by atoms with E-state index >= 15 is 0 Å². The van der Waals surface area contributed by atoms with E-state index in [4.69, 9.17) is 4.74 Å². The van der Waals surface area contributed by atoms with Gasteiger partial charge in [0.15, 0.2) is 5.65 Å². The monoisotopic (exact) mass is 292 g/mol. The third kappa shape index (κ3) is 1.86. The van der Waals surface area contributed by atoms with Gasteiger partial charge < -0.3 is 14.3 Å². The standard InChI is InChI=1S/C17H16N4O/c1-3-21-10-13(12-8-11(22-2)4-5-16(12)21)14-9-15-17(20-14)19-7-6-18-15/h4-10H,3H2,1-2H3,(H,19,20). The lowest BCUT2D eigenvalue weighted by Gasteiger charge is -2.02.